The molecule has 0 spiro atoms. The van der Waals surface area contributed by atoms with Crippen LogP contribution in [0.15, 0.2) is 79.0 Å². The van der Waals surface area contributed by atoms with Gasteiger partial charge in [-0.1, -0.05) is 61.0 Å². The van der Waals surface area contributed by atoms with Gasteiger partial charge < -0.3 is 5.32 Å². The van der Waals surface area contributed by atoms with Crippen LogP contribution in [0.3, 0.4) is 0 Å². The lowest BCUT2D eigenvalue weighted by atomic mass is 10.0. The lowest BCUT2D eigenvalue weighted by molar-refractivity contribution is -0.116. The zero-order chi connectivity index (χ0) is 24.2. The van der Waals surface area contributed by atoms with Crippen LogP contribution in [0.25, 0.3) is 10.8 Å². The SMILES string of the molecule is O=C(CCCCCN1C(=O)c2ccccc2C1=O)Nc1ccn(Cc2cccc3ccccc23)n1. The van der Waals surface area contributed by atoms with E-state index in [9.17, 15) is 14.4 Å². The van der Waals surface area contributed by atoms with Crippen molar-refractivity contribution < 1.29 is 14.4 Å². The summed E-state index contributed by atoms with van der Waals surface area (Å²) in [6, 6.07) is 23.2. The van der Waals surface area contributed by atoms with E-state index in [2.05, 4.69) is 34.7 Å². The van der Waals surface area contributed by atoms with Crippen LogP contribution >= 0.6 is 0 Å². The Bertz CT molecular complexity index is 1370. The molecule has 1 aromatic heterocycles. The van der Waals surface area contributed by atoms with E-state index in [0.717, 1.165) is 6.42 Å². The molecule has 0 saturated heterocycles. The Kier molecular flexibility index (Phi) is 6.39. The number of unbranched alkanes of at least 4 members (excludes halogenated alkanes) is 2. The second kappa shape index (κ2) is 9.93. The van der Waals surface area contributed by atoms with Crippen molar-refractivity contribution in [2.24, 2.45) is 0 Å². The van der Waals surface area contributed by atoms with Crippen molar-refractivity contribution >= 4 is 34.3 Å². The molecule has 1 aliphatic heterocycles. The number of nitrogens with one attached hydrogen (secondary N) is 1. The molecule has 35 heavy (non-hydrogen) atoms. The van der Waals surface area contributed by atoms with Crippen LogP contribution in [-0.2, 0) is 11.3 Å². The number of nitrogens with zero attached hydrogens (tertiary/aromatic N) is 3. The Morgan fingerprint density at radius 2 is 1.51 bits per heavy atom. The molecule has 0 atom stereocenters. The smallest absolute Gasteiger partial charge is 0.261 e. The molecule has 0 aliphatic carbocycles. The number of hydrogen-bond acceptors (Lipinski definition) is 4. The molecule has 0 unspecified atom stereocenters. The number of hydrogen-bond donors (Lipinski definition) is 1. The number of carbonyl (C=O) groups excluding carboxylic acids is 3. The molecule has 3 amide bonds. The summed E-state index contributed by atoms with van der Waals surface area (Å²) in [6.45, 7) is 0.988. The molecular weight excluding hydrogens is 440 g/mol. The summed E-state index contributed by atoms with van der Waals surface area (Å²) >= 11 is 0. The highest BCUT2D eigenvalue weighted by Gasteiger charge is 2.34. The van der Waals surface area contributed by atoms with E-state index in [1.807, 2.05) is 29.1 Å². The van der Waals surface area contributed by atoms with Gasteiger partial charge in [-0.05, 0) is 41.3 Å². The summed E-state index contributed by atoms with van der Waals surface area (Å²) < 4.78 is 1.82. The van der Waals surface area contributed by atoms with Gasteiger partial charge in [0.05, 0.1) is 17.7 Å². The highest BCUT2D eigenvalue weighted by molar-refractivity contribution is 6.21. The molecule has 4 aromatic rings. The number of amides is 3. The standard InChI is InChI=1S/C28H26N4O3/c33-26(15-2-1-7-17-32-27(34)23-13-5-6-14-24(23)28(32)35)29-25-16-18-31(30-25)19-21-11-8-10-20-9-3-4-12-22(20)21/h3-6,8-14,16,18H,1-2,7,15,17,19H2,(H,29,30,33). The predicted octanol–water partition coefficient (Wildman–Crippen LogP) is 4.88. The summed E-state index contributed by atoms with van der Waals surface area (Å²) in [4.78, 5) is 38.4. The molecule has 0 fully saturated rings. The van der Waals surface area contributed by atoms with Crippen LogP contribution in [0.1, 0.15) is 52.0 Å². The van der Waals surface area contributed by atoms with Crippen LogP contribution in [0.4, 0.5) is 5.82 Å². The number of carbonyl (C=O) groups is 3. The fraction of sp³-hybridized carbons (Fsp3) is 0.214. The quantitative estimate of drug-likeness (QED) is 0.281. The van der Waals surface area contributed by atoms with Crippen molar-refractivity contribution in [2.45, 2.75) is 32.2 Å². The molecule has 176 valence electrons. The Balaban J connectivity index is 1.06. The molecule has 7 heteroatoms. The highest BCUT2D eigenvalue weighted by Crippen LogP contribution is 2.23. The average Bonchev–Trinajstić information content (AvgIpc) is 3.41. The summed E-state index contributed by atoms with van der Waals surface area (Å²) in [5.74, 6) is -0.0349. The Labute approximate surface area is 203 Å². The lowest BCUT2D eigenvalue weighted by Gasteiger charge is -2.13. The van der Waals surface area contributed by atoms with Gasteiger partial charge in [0, 0.05) is 25.2 Å². The molecule has 0 radical (unpaired) electrons. The van der Waals surface area contributed by atoms with Crippen LogP contribution < -0.4 is 5.32 Å². The fourth-order valence-electron chi connectivity index (χ4n) is 4.50. The second-order valence-electron chi connectivity index (χ2n) is 8.70. The third-order valence-corrected chi connectivity index (χ3v) is 6.28. The van der Waals surface area contributed by atoms with Crippen LogP contribution in [-0.4, -0.2) is 38.9 Å². The van der Waals surface area contributed by atoms with Crippen LogP contribution in [0, 0.1) is 0 Å². The number of aromatic nitrogens is 2. The lowest BCUT2D eigenvalue weighted by Crippen LogP contribution is -2.30. The topological polar surface area (TPSA) is 84.3 Å². The Hall–Kier alpha value is -4.26. The van der Waals surface area contributed by atoms with Crippen molar-refractivity contribution in [1.82, 2.24) is 14.7 Å². The first-order valence-corrected chi connectivity index (χ1v) is 11.9. The second-order valence-corrected chi connectivity index (χ2v) is 8.70. The van der Waals surface area contributed by atoms with Gasteiger partial charge in [-0.3, -0.25) is 24.0 Å². The highest BCUT2D eigenvalue weighted by atomic mass is 16.2. The zero-order valence-electron chi connectivity index (χ0n) is 19.3. The minimum absolute atomic E-state index is 0.0962. The molecule has 0 saturated carbocycles. The molecule has 3 aromatic carbocycles. The van der Waals surface area contributed by atoms with E-state index in [0.29, 0.717) is 49.3 Å². The fourth-order valence-corrected chi connectivity index (χ4v) is 4.50. The van der Waals surface area contributed by atoms with Gasteiger partial charge in [0.2, 0.25) is 5.91 Å². The summed E-state index contributed by atoms with van der Waals surface area (Å²) in [6.07, 6.45) is 4.30. The molecule has 2 heterocycles. The maximum Gasteiger partial charge on any atom is 0.261 e. The van der Waals surface area contributed by atoms with Crippen molar-refractivity contribution in [2.75, 3.05) is 11.9 Å². The predicted molar refractivity (Wildman–Crippen MR) is 134 cm³/mol. The van der Waals surface area contributed by atoms with Crippen molar-refractivity contribution in [3.8, 4) is 0 Å². The number of anilines is 1. The number of imide groups is 1. The van der Waals surface area contributed by atoms with Crippen LogP contribution in [0.5, 0.6) is 0 Å². The van der Waals surface area contributed by atoms with Gasteiger partial charge in [-0.25, -0.2) is 0 Å². The number of fused-ring (bicyclic) bond motifs is 2. The van der Waals surface area contributed by atoms with Crippen molar-refractivity contribution in [1.29, 1.82) is 0 Å². The van der Waals surface area contributed by atoms with Gasteiger partial charge >= 0.3 is 0 Å². The number of rotatable bonds is 9. The van der Waals surface area contributed by atoms with E-state index in [-0.39, 0.29) is 17.7 Å². The normalized spacial score (nSPS) is 12.9. The van der Waals surface area contributed by atoms with Gasteiger partial charge in [0.1, 0.15) is 0 Å². The average molecular weight is 467 g/mol. The van der Waals surface area contributed by atoms with Gasteiger partial charge in [0.25, 0.3) is 11.8 Å². The van der Waals surface area contributed by atoms with Crippen LogP contribution in [0.2, 0.25) is 0 Å². The van der Waals surface area contributed by atoms with E-state index in [1.54, 1.807) is 30.3 Å². The van der Waals surface area contributed by atoms with Gasteiger partial charge in [0.15, 0.2) is 5.82 Å². The third kappa shape index (κ3) is 4.84. The maximum atomic E-state index is 12.4. The van der Waals surface area contributed by atoms with Gasteiger partial charge in [-0.2, -0.15) is 5.10 Å². The van der Waals surface area contributed by atoms with E-state index >= 15 is 0 Å². The largest absolute Gasteiger partial charge is 0.309 e. The first-order chi connectivity index (χ1) is 17.1. The molecule has 5 rings (SSSR count). The number of benzene rings is 3. The monoisotopic (exact) mass is 466 g/mol. The molecule has 1 aliphatic rings. The minimum atomic E-state index is -0.234. The minimum Gasteiger partial charge on any atom is -0.309 e. The first kappa shape index (κ1) is 22.5. The van der Waals surface area contributed by atoms with E-state index in [4.69, 9.17) is 0 Å². The summed E-state index contributed by atoms with van der Waals surface area (Å²) in [5, 5.41) is 9.72. The van der Waals surface area contributed by atoms with E-state index < -0.39 is 0 Å². The Morgan fingerprint density at radius 3 is 2.31 bits per heavy atom. The van der Waals surface area contributed by atoms with E-state index in [1.165, 1.54) is 21.2 Å². The summed E-state index contributed by atoms with van der Waals surface area (Å²) in [5.41, 5.74) is 2.11. The zero-order valence-corrected chi connectivity index (χ0v) is 19.3. The van der Waals surface area contributed by atoms with Crippen molar-refractivity contribution in [3.63, 3.8) is 0 Å². The maximum absolute atomic E-state index is 12.4. The molecule has 0 bridgehead atoms. The summed E-state index contributed by atoms with van der Waals surface area (Å²) in [7, 11) is 0. The Morgan fingerprint density at radius 1 is 0.800 bits per heavy atom. The first-order valence-electron chi connectivity index (χ1n) is 11.9. The molecule has 1 N–H and O–H groups in total. The van der Waals surface area contributed by atoms with Gasteiger partial charge in [-0.15, -0.1) is 0 Å². The van der Waals surface area contributed by atoms with Crippen molar-refractivity contribution in [3.05, 3.63) is 95.7 Å². The third-order valence-electron chi connectivity index (χ3n) is 6.28. The molecular formula is C28H26N4O3. The molecule has 7 nitrogen and oxygen atoms in total.